The van der Waals surface area contributed by atoms with E-state index in [4.69, 9.17) is 26.8 Å². The van der Waals surface area contributed by atoms with Crippen LogP contribution in [0.4, 0.5) is 0 Å². The van der Waals surface area contributed by atoms with Gasteiger partial charge in [0.15, 0.2) is 0 Å². The van der Waals surface area contributed by atoms with Gasteiger partial charge in [-0.25, -0.2) is 9.97 Å². The van der Waals surface area contributed by atoms with Crippen LogP contribution in [0.3, 0.4) is 0 Å². The molecule has 0 aliphatic heterocycles. The Morgan fingerprint density at radius 3 is 1.98 bits per heavy atom. The van der Waals surface area contributed by atoms with E-state index in [0.29, 0.717) is 0 Å². The van der Waals surface area contributed by atoms with Gasteiger partial charge in [0.2, 0.25) is 0 Å². The fourth-order valence-corrected chi connectivity index (χ4v) is 12.0. The molecule has 3 nitrogen and oxygen atoms in total. The summed E-state index contributed by atoms with van der Waals surface area (Å²) < 4.78 is 0. The topological polar surface area (TPSA) is 38.7 Å². The van der Waals surface area contributed by atoms with Gasteiger partial charge in [0.25, 0.3) is 0 Å². The molecule has 1 aliphatic rings. The first-order valence-electron chi connectivity index (χ1n) is 17.7. The summed E-state index contributed by atoms with van der Waals surface area (Å²) in [6.45, 7) is 0. The van der Waals surface area contributed by atoms with Crippen LogP contribution >= 0.6 is 6.04 Å². The molecule has 0 bridgehead atoms. The van der Waals surface area contributed by atoms with E-state index in [9.17, 15) is 0 Å². The SMILES string of the molecule is S=P(C1=CC=CCC1)(c1ccccc1)c1cccc(-c2cc3nc(-c4ccccc4)c4c5ccccc5c5ccccc5c4c3c3cccnc23)n1. The zero-order valence-corrected chi connectivity index (χ0v) is 30.0. The lowest BCUT2D eigenvalue weighted by Crippen LogP contribution is -2.21. The van der Waals surface area contributed by atoms with Crippen molar-refractivity contribution in [2.75, 3.05) is 0 Å². The summed E-state index contributed by atoms with van der Waals surface area (Å²) in [6, 6.07) is 49.1. The van der Waals surface area contributed by atoms with Gasteiger partial charge in [0.1, 0.15) is 0 Å². The molecule has 3 heterocycles. The lowest BCUT2D eigenvalue weighted by molar-refractivity contribution is 1.02. The van der Waals surface area contributed by atoms with Gasteiger partial charge in [-0.15, -0.1) is 0 Å². The monoisotopic (exact) mass is 701 g/mol. The summed E-state index contributed by atoms with van der Waals surface area (Å²) >= 11 is 6.76. The number of nitrogens with zero attached hydrogens (tertiary/aromatic N) is 3. The first-order valence-corrected chi connectivity index (χ1v) is 20.5. The van der Waals surface area contributed by atoms with Crippen LogP contribution < -0.4 is 10.7 Å². The molecule has 6 aromatic carbocycles. The molecule has 0 spiro atoms. The maximum atomic E-state index is 6.76. The largest absolute Gasteiger partial charge is 0.256 e. The quantitative estimate of drug-likeness (QED) is 0.132. The lowest BCUT2D eigenvalue weighted by Gasteiger charge is -2.27. The van der Waals surface area contributed by atoms with E-state index in [1.165, 1.54) is 32.2 Å². The van der Waals surface area contributed by atoms with Gasteiger partial charge in [-0.3, -0.25) is 4.98 Å². The Hall–Kier alpha value is -5.80. The van der Waals surface area contributed by atoms with Crippen LogP contribution in [0.1, 0.15) is 12.8 Å². The number of pyridine rings is 3. The van der Waals surface area contributed by atoms with Crippen molar-refractivity contribution >= 4 is 82.7 Å². The highest BCUT2D eigenvalue weighted by atomic mass is 32.4. The van der Waals surface area contributed by atoms with E-state index < -0.39 is 6.04 Å². The van der Waals surface area contributed by atoms with Crippen LogP contribution in [0.2, 0.25) is 0 Å². The summed E-state index contributed by atoms with van der Waals surface area (Å²) in [5.41, 5.74) is 6.63. The molecule has 3 aromatic heterocycles. The molecule has 9 aromatic rings. The van der Waals surface area contributed by atoms with Crippen LogP contribution in [0.25, 0.3) is 76.6 Å². The summed E-state index contributed by atoms with van der Waals surface area (Å²) in [4.78, 5) is 16.1. The normalized spacial score (nSPS) is 14.3. The summed E-state index contributed by atoms with van der Waals surface area (Å²) in [6.07, 6.45) is 10.4. The maximum absolute atomic E-state index is 6.76. The van der Waals surface area contributed by atoms with Crippen LogP contribution in [0, 0.1) is 0 Å². The van der Waals surface area contributed by atoms with Gasteiger partial charge < -0.3 is 0 Å². The van der Waals surface area contributed by atoms with Crippen molar-refractivity contribution in [3.8, 4) is 22.5 Å². The number of hydrogen-bond donors (Lipinski definition) is 0. The van der Waals surface area contributed by atoms with Gasteiger partial charge in [-0.05, 0) is 69.3 Å². The summed E-state index contributed by atoms with van der Waals surface area (Å²) in [5.74, 6) is 0. The van der Waals surface area contributed by atoms with E-state index in [2.05, 4.69) is 158 Å². The van der Waals surface area contributed by atoms with E-state index in [1.54, 1.807) is 0 Å². The highest BCUT2D eigenvalue weighted by Crippen LogP contribution is 2.54. The Balaban J connectivity index is 1.32. The Kier molecular flexibility index (Phi) is 7.42. The molecule has 0 N–H and O–H groups in total. The number of fused-ring (bicyclic) bond motifs is 10. The van der Waals surface area contributed by atoms with Gasteiger partial charge in [-0.1, -0.05) is 151 Å². The minimum absolute atomic E-state index is 0.853. The van der Waals surface area contributed by atoms with Gasteiger partial charge in [0, 0.05) is 38.9 Å². The third kappa shape index (κ3) is 4.79. The zero-order valence-electron chi connectivity index (χ0n) is 28.3. The minimum atomic E-state index is -2.39. The summed E-state index contributed by atoms with van der Waals surface area (Å²) in [5, 5.41) is 11.8. The van der Waals surface area contributed by atoms with Crippen molar-refractivity contribution in [2.45, 2.75) is 12.8 Å². The van der Waals surface area contributed by atoms with Gasteiger partial charge >= 0.3 is 0 Å². The maximum Gasteiger partial charge on any atom is 0.0819 e. The third-order valence-corrected chi connectivity index (χ3v) is 15.4. The second-order valence-corrected chi connectivity index (χ2v) is 17.7. The average Bonchev–Trinajstić information content (AvgIpc) is 3.23. The lowest BCUT2D eigenvalue weighted by atomic mass is 9.88. The van der Waals surface area contributed by atoms with Crippen molar-refractivity contribution in [3.63, 3.8) is 0 Å². The molecule has 246 valence electrons. The molecule has 1 atom stereocenters. The molecule has 0 saturated heterocycles. The van der Waals surface area contributed by atoms with E-state index in [0.717, 1.165) is 73.3 Å². The molecular formula is C47H32N3PS. The van der Waals surface area contributed by atoms with Crippen molar-refractivity contribution in [1.29, 1.82) is 0 Å². The number of benzene rings is 6. The van der Waals surface area contributed by atoms with Crippen LogP contribution in [-0.4, -0.2) is 15.0 Å². The molecule has 0 fully saturated rings. The fraction of sp³-hybridized carbons (Fsp3) is 0.0426. The molecule has 0 amide bonds. The van der Waals surface area contributed by atoms with Gasteiger partial charge in [-0.2, -0.15) is 0 Å². The smallest absolute Gasteiger partial charge is 0.0819 e. The molecule has 0 saturated carbocycles. The van der Waals surface area contributed by atoms with Crippen LogP contribution in [0.15, 0.2) is 175 Å². The molecule has 1 unspecified atom stereocenters. The molecule has 0 radical (unpaired) electrons. The number of aromatic nitrogens is 3. The van der Waals surface area contributed by atoms with E-state index in [-0.39, 0.29) is 0 Å². The van der Waals surface area contributed by atoms with E-state index >= 15 is 0 Å². The second kappa shape index (κ2) is 12.5. The number of hydrogen-bond acceptors (Lipinski definition) is 4. The molecular weight excluding hydrogens is 670 g/mol. The first kappa shape index (κ1) is 31.0. The second-order valence-electron chi connectivity index (χ2n) is 13.3. The molecule has 10 rings (SSSR count). The van der Waals surface area contributed by atoms with Crippen LogP contribution in [-0.2, 0) is 11.8 Å². The Labute approximate surface area is 307 Å². The predicted octanol–water partition coefficient (Wildman–Crippen LogP) is 11.6. The van der Waals surface area contributed by atoms with Crippen molar-refractivity contribution in [1.82, 2.24) is 15.0 Å². The molecule has 1 aliphatic carbocycles. The fourth-order valence-electron chi connectivity index (χ4n) is 8.10. The highest BCUT2D eigenvalue weighted by molar-refractivity contribution is 8.23. The standard InChI is InChI=1S/C47H32N3PS/c52-51(32-18-6-2-7-19-32,33-20-8-3-9-21-33)42-28-14-27-40(49-42)39-30-41-43(38-26-15-29-48-47(38)39)44-36-24-12-10-22-34(36)35-23-11-13-25-37(35)45(44)46(50-41)31-16-4-1-5-17-31/h1-8,10-20,22-30H,9,21H2. The predicted molar refractivity (Wildman–Crippen MR) is 225 cm³/mol. The third-order valence-electron chi connectivity index (χ3n) is 10.4. The summed E-state index contributed by atoms with van der Waals surface area (Å²) in [7, 11) is 0. The van der Waals surface area contributed by atoms with Crippen molar-refractivity contribution in [3.05, 3.63) is 175 Å². The van der Waals surface area contributed by atoms with E-state index in [1.807, 2.05) is 12.3 Å². The van der Waals surface area contributed by atoms with Gasteiger partial charge in [0.05, 0.1) is 33.9 Å². The molecule has 52 heavy (non-hydrogen) atoms. The molecule has 5 heteroatoms. The minimum Gasteiger partial charge on any atom is -0.256 e. The average molecular weight is 702 g/mol. The highest BCUT2D eigenvalue weighted by Gasteiger charge is 2.29. The Bertz CT molecular complexity index is 2990. The Morgan fingerprint density at radius 1 is 0.577 bits per heavy atom. The van der Waals surface area contributed by atoms with Crippen molar-refractivity contribution in [2.24, 2.45) is 0 Å². The van der Waals surface area contributed by atoms with Crippen molar-refractivity contribution < 1.29 is 0 Å². The van der Waals surface area contributed by atoms with Crippen LogP contribution in [0.5, 0.6) is 0 Å². The number of allylic oxidation sites excluding steroid dienone is 4. The number of rotatable bonds is 5. The first-order chi connectivity index (χ1) is 25.7. The zero-order chi connectivity index (χ0) is 34.6. The Morgan fingerprint density at radius 2 is 1.25 bits per heavy atom.